The standard InChI is InChI=1S/C18H17Cl2F3N2O4S2/c1-25(2)17(26)9-30(27)16-6-3-11(19)7-15(16)24-31(28,29)12-4-5-14(20)13(8-12)18(22,23)10-21/h3-8,24H,9-10H2,1-2H3. The second-order valence-corrected chi connectivity index (χ2v) is 10.4. The molecule has 0 heterocycles. The van der Waals surface area contributed by atoms with Gasteiger partial charge in [0, 0.05) is 29.7 Å². The van der Waals surface area contributed by atoms with Crippen molar-refractivity contribution in [3.63, 3.8) is 0 Å². The van der Waals surface area contributed by atoms with Crippen LogP contribution in [0.25, 0.3) is 0 Å². The normalized spacial score (nSPS) is 13.0. The number of halogens is 5. The van der Waals surface area contributed by atoms with Crippen molar-refractivity contribution >= 4 is 55.6 Å². The molecule has 1 unspecified atom stereocenters. The Labute approximate surface area is 189 Å². The van der Waals surface area contributed by atoms with E-state index in [1.807, 2.05) is 0 Å². The van der Waals surface area contributed by atoms with Gasteiger partial charge in [-0.1, -0.05) is 23.2 Å². The number of carbonyl (C=O) groups excluding carboxylic acids is 1. The van der Waals surface area contributed by atoms with Gasteiger partial charge in [-0.05, 0) is 36.4 Å². The van der Waals surface area contributed by atoms with E-state index in [0.717, 1.165) is 12.1 Å². The van der Waals surface area contributed by atoms with Crippen molar-refractivity contribution in [3.05, 3.63) is 52.0 Å². The Balaban J connectivity index is 2.47. The van der Waals surface area contributed by atoms with Gasteiger partial charge in [-0.3, -0.25) is 13.7 Å². The highest BCUT2D eigenvalue weighted by molar-refractivity contribution is 7.93. The maximum atomic E-state index is 13.8. The van der Waals surface area contributed by atoms with Crippen molar-refractivity contribution in [2.45, 2.75) is 15.7 Å². The number of anilines is 1. The van der Waals surface area contributed by atoms with Gasteiger partial charge < -0.3 is 4.90 Å². The summed E-state index contributed by atoms with van der Waals surface area (Å²) in [5.41, 5.74) is -1.20. The molecule has 6 nitrogen and oxygen atoms in total. The van der Waals surface area contributed by atoms with Gasteiger partial charge in [-0.25, -0.2) is 12.8 Å². The summed E-state index contributed by atoms with van der Waals surface area (Å²) in [5, 5.41) is -0.411. The van der Waals surface area contributed by atoms with Crippen molar-refractivity contribution in [2.24, 2.45) is 0 Å². The van der Waals surface area contributed by atoms with Gasteiger partial charge in [0.25, 0.3) is 10.0 Å². The van der Waals surface area contributed by atoms with Gasteiger partial charge in [-0.2, -0.15) is 8.78 Å². The van der Waals surface area contributed by atoms with E-state index in [4.69, 9.17) is 23.2 Å². The van der Waals surface area contributed by atoms with Crippen molar-refractivity contribution in [1.82, 2.24) is 4.90 Å². The van der Waals surface area contributed by atoms with E-state index < -0.39 is 60.6 Å². The fraction of sp³-hybridized carbons (Fsp3) is 0.278. The molecule has 0 aliphatic carbocycles. The number of amides is 1. The summed E-state index contributed by atoms with van der Waals surface area (Å²) < 4.78 is 80.6. The van der Waals surface area contributed by atoms with Gasteiger partial charge in [0.1, 0.15) is 5.75 Å². The number of rotatable bonds is 8. The molecule has 31 heavy (non-hydrogen) atoms. The molecule has 0 aromatic heterocycles. The molecular weight excluding hydrogens is 500 g/mol. The lowest BCUT2D eigenvalue weighted by Gasteiger charge is -2.17. The summed E-state index contributed by atoms with van der Waals surface area (Å²) in [7, 11) is -3.49. The smallest absolute Gasteiger partial charge is 0.302 e. The third-order valence-electron chi connectivity index (χ3n) is 3.99. The van der Waals surface area contributed by atoms with Crippen LogP contribution in [0.3, 0.4) is 0 Å². The van der Waals surface area contributed by atoms with Crippen LogP contribution in [0, 0.1) is 0 Å². The number of alkyl halides is 3. The summed E-state index contributed by atoms with van der Waals surface area (Å²) in [6.45, 7) is -2.07. The van der Waals surface area contributed by atoms with Crippen molar-refractivity contribution in [3.8, 4) is 0 Å². The molecule has 0 aliphatic rings. The lowest BCUT2D eigenvalue weighted by atomic mass is 10.1. The van der Waals surface area contributed by atoms with E-state index in [-0.39, 0.29) is 15.6 Å². The maximum absolute atomic E-state index is 13.8. The van der Waals surface area contributed by atoms with Crippen LogP contribution in [0.4, 0.5) is 18.9 Å². The first-order valence-electron chi connectivity index (χ1n) is 8.43. The zero-order valence-corrected chi connectivity index (χ0v) is 19.3. The molecule has 1 N–H and O–H groups in total. The molecule has 13 heteroatoms. The van der Waals surface area contributed by atoms with Gasteiger partial charge in [0.15, 0.2) is 6.67 Å². The first-order chi connectivity index (χ1) is 14.3. The van der Waals surface area contributed by atoms with E-state index in [1.54, 1.807) is 0 Å². The van der Waals surface area contributed by atoms with Gasteiger partial charge in [0.2, 0.25) is 5.91 Å². The monoisotopic (exact) mass is 516 g/mol. The molecule has 0 saturated heterocycles. The average Bonchev–Trinajstić information content (AvgIpc) is 2.67. The predicted molar refractivity (Wildman–Crippen MR) is 114 cm³/mol. The minimum Gasteiger partial charge on any atom is -0.348 e. The molecule has 0 bridgehead atoms. The van der Waals surface area contributed by atoms with Crippen LogP contribution in [0.2, 0.25) is 10.0 Å². The lowest BCUT2D eigenvalue weighted by molar-refractivity contribution is -0.125. The number of hydrogen-bond acceptors (Lipinski definition) is 4. The number of nitrogens with one attached hydrogen (secondary N) is 1. The summed E-state index contributed by atoms with van der Waals surface area (Å²) >= 11 is 11.6. The Kier molecular flexibility index (Phi) is 8.01. The van der Waals surface area contributed by atoms with E-state index in [9.17, 15) is 30.6 Å². The molecule has 0 spiro atoms. The molecule has 170 valence electrons. The zero-order valence-electron chi connectivity index (χ0n) is 16.2. The summed E-state index contributed by atoms with van der Waals surface area (Å²) in [6.07, 6.45) is 0. The fourth-order valence-corrected chi connectivity index (χ4v) is 5.13. The first kappa shape index (κ1) is 25.4. The van der Waals surface area contributed by atoms with Gasteiger partial charge >= 0.3 is 5.92 Å². The molecule has 1 atom stereocenters. The first-order valence-corrected chi connectivity index (χ1v) is 12.0. The SMILES string of the molecule is CN(C)C(=O)CS(=O)c1ccc(Cl)cc1NS(=O)(=O)c1ccc(Cl)c(C(F)(F)CF)c1. The van der Waals surface area contributed by atoms with E-state index in [2.05, 4.69) is 4.72 Å². The van der Waals surface area contributed by atoms with Crippen LogP contribution in [0.5, 0.6) is 0 Å². The Morgan fingerprint density at radius 2 is 1.81 bits per heavy atom. The molecule has 0 fully saturated rings. The topological polar surface area (TPSA) is 83.6 Å². The molecule has 2 aromatic carbocycles. The Morgan fingerprint density at radius 3 is 2.39 bits per heavy atom. The quantitative estimate of drug-likeness (QED) is 0.573. The summed E-state index contributed by atoms with van der Waals surface area (Å²) in [4.78, 5) is 12.4. The Morgan fingerprint density at radius 1 is 1.16 bits per heavy atom. The molecule has 0 aliphatic heterocycles. The molecule has 2 aromatic rings. The van der Waals surface area contributed by atoms with E-state index in [1.165, 1.54) is 37.2 Å². The molecule has 0 saturated carbocycles. The number of nitrogens with zero attached hydrogens (tertiary/aromatic N) is 1. The number of sulfonamides is 1. The minimum absolute atomic E-state index is 0.0357. The number of benzene rings is 2. The Hall–Kier alpha value is -1.82. The summed E-state index contributed by atoms with van der Waals surface area (Å²) in [6, 6.07) is 6.22. The average molecular weight is 517 g/mol. The van der Waals surface area contributed by atoms with Gasteiger partial charge in [0.05, 0.1) is 26.3 Å². The lowest BCUT2D eigenvalue weighted by Crippen LogP contribution is -2.27. The third kappa shape index (κ3) is 6.12. The molecule has 2 rings (SSSR count). The predicted octanol–water partition coefficient (Wildman–Crippen LogP) is 4.05. The van der Waals surface area contributed by atoms with E-state index in [0.29, 0.717) is 6.07 Å². The highest BCUT2D eigenvalue weighted by Gasteiger charge is 2.35. The van der Waals surface area contributed by atoms with Crippen LogP contribution in [-0.4, -0.2) is 50.0 Å². The fourth-order valence-electron chi connectivity index (χ4n) is 2.33. The van der Waals surface area contributed by atoms with Crippen molar-refractivity contribution < 1.29 is 30.6 Å². The molecule has 1 amide bonds. The van der Waals surface area contributed by atoms with Crippen LogP contribution < -0.4 is 4.72 Å². The van der Waals surface area contributed by atoms with Crippen LogP contribution in [-0.2, 0) is 31.5 Å². The second-order valence-electron chi connectivity index (χ2n) is 6.50. The second kappa shape index (κ2) is 9.76. The van der Waals surface area contributed by atoms with E-state index >= 15 is 0 Å². The molecular formula is C18H17Cl2F3N2O4S2. The van der Waals surface area contributed by atoms with Crippen molar-refractivity contribution in [1.29, 1.82) is 0 Å². The van der Waals surface area contributed by atoms with Crippen LogP contribution in [0.1, 0.15) is 5.56 Å². The number of carbonyl (C=O) groups is 1. The third-order valence-corrected chi connectivity index (χ3v) is 7.28. The summed E-state index contributed by atoms with van der Waals surface area (Å²) in [5.74, 6) is -4.87. The van der Waals surface area contributed by atoms with Gasteiger partial charge in [-0.15, -0.1) is 0 Å². The largest absolute Gasteiger partial charge is 0.348 e. The molecule has 0 radical (unpaired) electrons. The zero-order chi connectivity index (χ0) is 23.6. The highest BCUT2D eigenvalue weighted by Crippen LogP contribution is 2.36. The highest BCUT2D eigenvalue weighted by atomic mass is 35.5. The van der Waals surface area contributed by atoms with Crippen LogP contribution >= 0.6 is 23.2 Å². The minimum atomic E-state index is -4.49. The number of hydrogen-bond donors (Lipinski definition) is 1. The van der Waals surface area contributed by atoms with Crippen molar-refractivity contribution in [2.75, 3.05) is 31.2 Å². The Bertz CT molecular complexity index is 1130. The van der Waals surface area contributed by atoms with Crippen LogP contribution in [0.15, 0.2) is 46.2 Å². The maximum Gasteiger partial charge on any atom is 0.302 e.